The third-order valence-electron chi connectivity index (χ3n) is 4.56. The lowest BCUT2D eigenvalue weighted by Gasteiger charge is -2.29. The fourth-order valence-electron chi connectivity index (χ4n) is 2.95. The van der Waals surface area contributed by atoms with E-state index in [0.29, 0.717) is 0 Å². The molecule has 0 amide bonds. The minimum Gasteiger partial charge on any atom is -0.872 e. The third-order valence-corrected chi connectivity index (χ3v) is 4.56. The van der Waals surface area contributed by atoms with E-state index in [4.69, 9.17) is 0 Å². The molecule has 0 fully saturated rings. The average molecular weight is 558 g/mol. The van der Waals surface area contributed by atoms with Crippen molar-refractivity contribution in [2.45, 2.75) is 43.0 Å². The van der Waals surface area contributed by atoms with Crippen LogP contribution in [0.1, 0.15) is 16.7 Å². The van der Waals surface area contributed by atoms with E-state index in [1.54, 1.807) is 0 Å². The SMILES string of the molecule is O=C(C1=C([O-])c2cc(C(F)(F)F)cc(N=C(C(F)(F)F)C(F)(F)F)c2C1)C(F)(C(F)(F)F)C(F)(F)F. The van der Waals surface area contributed by atoms with Crippen LogP contribution in [-0.2, 0) is 17.4 Å². The predicted molar refractivity (Wildman–Crippen MR) is 82.2 cm³/mol. The Morgan fingerprint density at radius 3 is 1.56 bits per heavy atom. The Bertz CT molecular complexity index is 1100. The molecule has 3 nitrogen and oxygen atoms in total. The number of aliphatic imine (C=N–C) groups is 1. The summed E-state index contributed by atoms with van der Waals surface area (Å²) in [4.78, 5) is 13.9. The van der Waals surface area contributed by atoms with Gasteiger partial charge >= 0.3 is 36.6 Å². The number of rotatable bonds is 3. The van der Waals surface area contributed by atoms with E-state index in [1.165, 1.54) is 0 Å². The highest BCUT2D eigenvalue weighted by molar-refractivity contribution is 6.10. The molecule has 1 aliphatic rings. The van der Waals surface area contributed by atoms with E-state index >= 15 is 0 Å². The summed E-state index contributed by atoms with van der Waals surface area (Å²) in [6.07, 6.45) is -34.6. The van der Waals surface area contributed by atoms with Crippen LogP contribution < -0.4 is 5.11 Å². The van der Waals surface area contributed by atoms with Gasteiger partial charge in [0.05, 0.1) is 11.3 Å². The quantitative estimate of drug-likeness (QED) is 0.341. The largest absolute Gasteiger partial charge is 0.872 e. The first-order valence-electron chi connectivity index (χ1n) is 8.49. The van der Waals surface area contributed by atoms with E-state index in [-0.39, 0.29) is 6.07 Å². The second-order valence-corrected chi connectivity index (χ2v) is 6.94. The van der Waals surface area contributed by atoms with Crippen LogP contribution in [0.2, 0.25) is 0 Å². The highest BCUT2D eigenvalue weighted by Gasteiger charge is 2.77. The number of allylic oxidation sites excluding steroid dienone is 1. The van der Waals surface area contributed by atoms with Crippen molar-refractivity contribution in [3.63, 3.8) is 0 Å². The molecule has 0 radical (unpaired) electrons. The summed E-state index contributed by atoms with van der Waals surface area (Å²) in [5.41, 5.74) is -20.3. The van der Waals surface area contributed by atoms with Gasteiger partial charge in [0.25, 0.3) is 0 Å². The molecule has 0 spiro atoms. The van der Waals surface area contributed by atoms with E-state index in [2.05, 4.69) is 0 Å². The molecule has 0 aromatic heterocycles. The number of alkyl halides is 16. The van der Waals surface area contributed by atoms with Gasteiger partial charge in [-0.3, -0.25) is 4.79 Å². The maximum Gasteiger partial charge on any atom is 0.439 e. The molecule has 0 bridgehead atoms. The summed E-state index contributed by atoms with van der Waals surface area (Å²) in [7, 11) is 0. The fraction of sp³-hybridized carbons (Fsp3) is 0.412. The topological polar surface area (TPSA) is 52.5 Å². The van der Waals surface area contributed by atoms with Gasteiger partial charge in [0.15, 0.2) is 0 Å². The zero-order chi connectivity index (χ0) is 28.4. The first-order chi connectivity index (χ1) is 15.7. The fourth-order valence-corrected chi connectivity index (χ4v) is 2.95. The van der Waals surface area contributed by atoms with E-state index in [1.807, 2.05) is 4.99 Å². The van der Waals surface area contributed by atoms with Crippen LogP contribution in [0.25, 0.3) is 5.76 Å². The third kappa shape index (κ3) is 4.95. The molecule has 0 unspecified atom stereocenters. The highest BCUT2D eigenvalue weighted by atomic mass is 19.4. The normalized spacial score (nSPS) is 15.8. The van der Waals surface area contributed by atoms with Gasteiger partial charge in [-0.05, 0) is 28.8 Å². The van der Waals surface area contributed by atoms with Gasteiger partial charge in [-0.15, -0.1) is 0 Å². The maximum absolute atomic E-state index is 14.1. The zero-order valence-electron chi connectivity index (χ0n) is 16.2. The second kappa shape index (κ2) is 8.25. The summed E-state index contributed by atoms with van der Waals surface area (Å²) < 4.78 is 207. The molecule has 0 aliphatic heterocycles. The van der Waals surface area contributed by atoms with Gasteiger partial charge < -0.3 is 5.11 Å². The van der Waals surface area contributed by atoms with Gasteiger partial charge in [-0.1, -0.05) is 5.76 Å². The summed E-state index contributed by atoms with van der Waals surface area (Å²) >= 11 is 0. The molecule has 0 atom stereocenters. The number of benzene rings is 1. The molecule has 1 aliphatic carbocycles. The monoisotopic (exact) mass is 558 g/mol. The number of halogens is 16. The Morgan fingerprint density at radius 2 is 1.19 bits per heavy atom. The molecular formula is C17H4F16NO2-. The van der Waals surface area contributed by atoms with Crippen LogP contribution in [0.15, 0.2) is 22.7 Å². The average Bonchev–Trinajstić information content (AvgIpc) is 2.97. The Kier molecular flexibility index (Phi) is 6.70. The number of carbonyl (C=O) groups is 1. The molecule has 1 aromatic rings. The number of Topliss-reactive ketones (excluding diaryl/α,β-unsaturated/α-hetero) is 1. The van der Waals surface area contributed by atoms with Gasteiger partial charge in [-0.25, -0.2) is 9.38 Å². The first-order valence-corrected chi connectivity index (χ1v) is 8.49. The van der Waals surface area contributed by atoms with Crippen LogP contribution in [0, 0.1) is 0 Å². The van der Waals surface area contributed by atoms with Crippen LogP contribution >= 0.6 is 0 Å². The molecular weight excluding hydrogens is 554 g/mol. The molecule has 19 heteroatoms. The molecule has 0 saturated heterocycles. The Labute approximate surface area is 186 Å². The number of fused-ring (bicyclic) bond motifs is 1. The van der Waals surface area contributed by atoms with Crippen molar-refractivity contribution < 1.29 is 80.1 Å². The van der Waals surface area contributed by atoms with Crippen molar-refractivity contribution in [1.82, 2.24) is 0 Å². The molecule has 0 N–H and O–H groups in total. The molecule has 2 rings (SSSR count). The van der Waals surface area contributed by atoms with Gasteiger partial charge in [0.1, 0.15) is 0 Å². The molecule has 0 heterocycles. The predicted octanol–water partition coefficient (Wildman–Crippen LogP) is 5.93. The number of nitrogens with zero attached hydrogens (tertiary/aromatic N) is 1. The van der Waals surface area contributed by atoms with E-state index in [0.717, 1.165) is 0 Å². The molecule has 202 valence electrons. The summed E-state index contributed by atoms with van der Waals surface area (Å²) in [5, 5.41) is 12.2. The van der Waals surface area contributed by atoms with Crippen LogP contribution in [0.5, 0.6) is 0 Å². The van der Waals surface area contributed by atoms with Gasteiger partial charge in [0.2, 0.25) is 11.5 Å². The van der Waals surface area contributed by atoms with Crippen LogP contribution in [0.4, 0.5) is 75.9 Å². The number of carbonyl (C=O) groups excluding carboxylic acids is 1. The van der Waals surface area contributed by atoms with Crippen molar-refractivity contribution in [2.24, 2.45) is 4.99 Å². The molecule has 0 saturated carbocycles. The zero-order valence-corrected chi connectivity index (χ0v) is 16.2. The summed E-state index contributed by atoms with van der Waals surface area (Å²) in [5.74, 6) is -6.09. The van der Waals surface area contributed by atoms with Crippen molar-refractivity contribution in [2.75, 3.05) is 0 Å². The van der Waals surface area contributed by atoms with Crippen molar-refractivity contribution >= 4 is 22.9 Å². The molecule has 36 heavy (non-hydrogen) atoms. The number of hydrogen-bond donors (Lipinski definition) is 0. The standard InChI is InChI=1S/C17H5F16NO2/c18-12(16(28,29)30,17(31,32)33)10(36)7-3-5-6(9(7)35)1-4(13(19,20)21)2-8(5)34-11(14(22,23)24)15(25,26)27/h1-2,35H,3H2/p-1. The van der Waals surface area contributed by atoms with Crippen LogP contribution in [0.3, 0.4) is 0 Å². The lowest BCUT2D eigenvalue weighted by molar-refractivity contribution is -0.324. The second-order valence-electron chi connectivity index (χ2n) is 6.94. The van der Waals surface area contributed by atoms with Gasteiger partial charge in [0, 0.05) is 6.42 Å². The van der Waals surface area contributed by atoms with E-state index < -0.39 is 94.2 Å². The molecule has 1 aromatic carbocycles. The summed E-state index contributed by atoms with van der Waals surface area (Å²) in [6, 6.07) is -0.883. The van der Waals surface area contributed by atoms with E-state index in [9.17, 15) is 80.1 Å². The van der Waals surface area contributed by atoms with Crippen LogP contribution in [-0.4, -0.2) is 41.9 Å². The smallest absolute Gasteiger partial charge is 0.439 e. The van der Waals surface area contributed by atoms with Crippen molar-refractivity contribution in [1.29, 1.82) is 0 Å². The number of ketones is 1. The minimum absolute atomic E-state index is 0.362. The summed E-state index contributed by atoms with van der Waals surface area (Å²) in [6.45, 7) is 0. The Hall–Kier alpha value is -3.02. The number of hydrogen-bond acceptors (Lipinski definition) is 3. The Balaban J connectivity index is 2.87. The minimum atomic E-state index is -7.08. The maximum atomic E-state index is 14.1. The highest BCUT2D eigenvalue weighted by Crippen LogP contribution is 2.51. The van der Waals surface area contributed by atoms with Crippen molar-refractivity contribution in [3.8, 4) is 0 Å². The lowest BCUT2D eigenvalue weighted by atomic mass is 9.91. The first kappa shape index (κ1) is 29.2. The van der Waals surface area contributed by atoms with Crippen molar-refractivity contribution in [3.05, 3.63) is 34.4 Å². The Morgan fingerprint density at radius 1 is 0.750 bits per heavy atom. The lowest BCUT2D eigenvalue weighted by Crippen LogP contribution is -2.59. The van der Waals surface area contributed by atoms with Gasteiger partial charge in [-0.2, -0.15) is 65.9 Å².